The lowest BCUT2D eigenvalue weighted by molar-refractivity contribution is 0.0139. The van der Waals surface area contributed by atoms with Crippen LogP contribution in [0.1, 0.15) is 67.7 Å². The molecule has 218 valence electrons. The summed E-state index contributed by atoms with van der Waals surface area (Å²) in [6.45, 7) is 4.19. The second kappa shape index (κ2) is 12.6. The highest BCUT2D eigenvalue weighted by Gasteiger charge is 2.32. The van der Waals surface area contributed by atoms with Crippen molar-refractivity contribution >= 4 is 40.1 Å². The topological polar surface area (TPSA) is 125 Å². The fraction of sp³-hybridized carbons (Fsp3) is 0.375. The van der Waals surface area contributed by atoms with Crippen LogP contribution in [0.25, 0.3) is 5.57 Å². The number of hydrogen-bond acceptors (Lipinski definition) is 8. The van der Waals surface area contributed by atoms with Crippen molar-refractivity contribution < 1.29 is 14.3 Å². The van der Waals surface area contributed by atoms with Crippen molar-refractivity contribution in [3.8, 4) is 0 Å². The Morgan fingerprint density at radius 1 is 1.05 bits per heavy atom. The van der Waals surface area contributed by atoms with Crippen LogP contribution in [0.5, 0.6) is 0 Å². The van der Waals surface area contributed by atoms with Gasteiger partial charge in [0.2, 0.25) is 0 Å². The van der Waals surface area contributed by atoms with Crippen LogP contribution in [0, 0.1) is 5.41 Å². The zero-order chi connectivity index (χ0) is 29.1. The molecule has 6 rings (SSSR count). The first kappa shape index (κ1) is 28.3. The van der Waals surface area contributed by atoms with Crippen molar-refractivity contribution in [1.82, 2.24) is 14.8 Å². The van der Waals surface area contributed by atoms with E-state index in [0.29, 0.717) is 34.4 Å². The number of morpholine rings is 1. The highest BCUT2D eigenvalue weighted by Crippen LogP contribution is 2.35. The third-order valence-electron chi connectivity index (χ3n) is 8.52. The van der Waals surface area contributed by atoms with Gasteiger partial charge >= 0.3 is 0 Å². The van der Waals surface area contributed by atoms with Crippen molar-refractivity contribution in [2.75, 3.05) is 38.2 Å². The van der Waals surface area contributed by atoms with Gasteiger partial charge in [-0.25, -0.2) is 4.98 Å². The molecule has 3 heterocycles. The standard InChI is InChI=1S/C32H36N6O3S/c33-19-25(20-34)21-4-1-7-24(16-21)31(40)38-11-3-8-28(38)22-5-2-6-23(17-22)30(39)36-32-35-27-10-9-26(18-29(27)42-32)37-12-14-41-15-13-37/h1-2,4-7,16-17,19-20,26,28,33H,3,8-15,18,34H2,(H,35,36,39)/b25-20+,33-19?/t26?,28-/m1/s1. The Hall–Kier alpha value is -3.86. The number of likely N-dealkylation sites (tertiary alicyclic amines) is 1. The Balaban J connectivity index is 1.14. The molecule has 4 N–H and O–H groups in total. The van der Waals surface area contributed by atoms with E-state index in [1.807, 2.05) is 41.3 Å². The average molecular weight is 585 g/mol. The number of fused-ring (bicyclic) bond motifs is 1. The smallest absolute Gasteiger partial charge is 0.257 e. The van der Waals surface area contributed by atoms with Gasteiger partial charge in [-0.2, -0.15) is 0 Å². The van der Waals surface area contributed by atoms with E-state index in [2.05, 4.69) is 10.2 Å². The number of allylic oxidation sites excluding steroid dienone is 1. The Morgan fingerprint density at radius 2 is 1.83 bits per heavy atom. The summed E-state index contributed by atoms with van der Waals surface area (Å²) in [4.78, 5) is 37.3. The van der Waals surface area contributed by atoms with Gasteiger partial charge in [-0.15, -0.1) is 11.3 Å². The maximum atomic E-state index is 13.6. The maximum absolute atomic E-state index is 13.6. The third-order valence-corrected chi connectivity index (χ3v) is 9.56. The molecule has 9 nitrogen and oxygen atoms in total. The van der Waals surface area contributed by atoms with Crippen LogP contribution in [0.2, 0.25) is 0 Å². The summed E-state index contributed by atoms with van der Waals surface area (Å²) in [5, 5.41) is 11.3. The predicted molar refractivity (Wildman–Crippen MR) is 165 cm³/mol. The predicted octanol–water partition coefficient (Wildman–Crippen LogP) is 4.51. The molecule has 10 heteroatoms. The fourth-order valence-electron chi connectivity index (χ4n) is 6.30. The largest absolute Gasteiger partial charge is 0.404 e. The minimum Gasteiger partial charge on any atom is -0.404 e. The molecule has 0 saturated carbocycles. The van der Waals surface area contributed by atoms with E-state index in [-0.39, 0.29) is 17.9 Å². The number of benzene rings is 2. The van der Waals surface area contributed by atoms with E-state index in [0.717, 1.165) is 75.2 Å². The first-order valence-corrected chi connectivity index (χ1v) is 15.4. The fourth-order valence-corrected chi connectivity index (χ4v) is 7.38. The number of carbonyl (C=O) groups is 2. The molecule has 2 aliphatic heterocycles. The number of rotatable bonds is 7. The summed E-state index contributed by atoms with van der Waals surface area (Å²) in [5.74, 6) is -0.261. The summed E-state index contributed by atoms with van der Waals surface area (Å²) < 4.78 is 5.52. The number of carbonyl (C=O) groups excluding carboxylic acids is 2. The highest BCUT2D eigenvalue weighted by atomic mass is 32.1. The van der Waals surface area contributed by atoms with Crippen molar-refractivity contribution in [1.29, 1.82) is 5.41 Å². The SMILES string of the molecule is N=C/C(=C\N)c1cccc(C(=O)N2CCC[C@@H]2c2cccc(C(=O)Nc3nc4c(s3)CC(N3CCOCC3)CC4)c2)c1. The quantitative estimate of drug-likeness (QED) is 0.351. The van der Waals surface area contributed by atoms with Gasteiger partial charge in [0.15, 0.2) is 5.13 Å². The van der Waals surface area contributed by atoms with E-state index in [1.165, 1.54) is 17.3 Å². The maximum Gasteiger partial charge on any atom is 0.257 e. The molecule has 1 aliphatic carbocycles. The van der Waals surface area contributed by atoms with E-state index in [9.17, 15) is 9.59 Å². The molecule has 2 fully saturated rings. The third kappa shape index (κ3) is 5.88. The molecule has 3 aromatic rings. The first-order valence-electron chi connectivity index (χ1n) is 14.6. The van der Waals surface area contributed by atoms with Crippen LogP contribution in [0.4, 0.5) is 5.13 Å². The Morgan fingerprint density at radius 3 is 2.64 bits per heavy atom. The first-order chi connectivity index (χ1) is 20.5. The van der Waals surface area contributed by atoms with Gasteiger partial charge in [0.1, 0.15) is 0 Å². The number of nitrogens with zero attached hydrogens (tertiary/aromatic N) is 3. The number of aryl methyl sites for hydroxylation is 1. The number of nitrogens with two attached hydrogens (primary N) is 1. The van der Waals surface area contributed by atoms with Crippen molar-refractivity contribution in [2.24, 2.45) is 5.73 Å². The van der Waals surface area contributed by atoms with Crippen LogP contribution in [0.3, 0.4) is 0 Å². The van der Waals surface area contributed by atoms with E-state index in [1.54, 1.807) is 23.5 Å². The number of thiazole rings is 1. The molecule has 2 atom stereocenters. The number of aromatic nitrogens is 1. The minimum atomic E-state index is -0.191. The monoisotopic (exact) mass is 584 g/mol. The van der Waals surface area contributed by atoms with Gasteiger partial charge in [0.05, 0.1) is 24.9 Å². The summed E-state index contributed by atoms with van der Waals surface area (Å²) in [6.07, 6.45) is 7.25. The normalized spacial score (nSPS) is 21.1. The Labute approximate surface area is 249 Å². The van der Waals surface area contributed by atoms with Gasteiger partial charge in [-0.05, 0) is 67.5 Å². The van der Waals surface area contributed by atoms with Crippen LogP contribution in [-0.4, -0.2) is 71.7 Å². The molecule has 2 saturated heterocycles. The summed E-state index contributed by atoms with van der Waals surface area (Å²) in [7, 11) is 0. The van der Waals surface area contributed by atoms with Crippen molar-refractivity contribution in [3.05, 3.63) is 87.6 Å². The molecule has 1 unspecified atom stereocenters. The molecule has 42 heavy (non-hydrogen) atoms. The summed E-state index contributed by atoms with van der Waals surface area (Å²) in [6, 6.07) is 15.2. The molecule has 0 radical (unpaired) electrons. The van der Waals surface area contributed by atoms with Crippen molar-refractivity contribution in [3.63, 3.8) is 0 Å². The zero-order valence-electron chi connectivity index (χ0n) is 23.6. The molecule has 1 aromatic heterocycles. The number of amides is 2. The average Bonchev–Trinajstić information content (AvgIpc) is 3.69. The van der Waals surface area contributed by atoms with Crippen LogP contribution >= 0.6 is 11.3 Å². The van der Waals surface area contributed by atoms with Gasteiger partial charge < -0.3 is 20.8 Å². The lowest BCUT2D eigenvalue weighted by Gasteiger charge is -2.36. The second-order valence-corrected chi connectivity index (χ2v) is 12.1. The number of anilines is 1. The molecular weight excluding hydrogens is 548 g/mol. The number of ether oxygens (including phenoxy) is 1. The lowest BCUT2D eigenvalue weighted by atomic mass is 9.96. The molecule has 3 aliphatic rings. The van der Waals surface area contributed by atoms with Gasteiger partial charge in [-0.3, -0.25) is 19.8 Å². The summed E-state index contributed by atoms with van der Waals surface area (Å²) in [5.41, 5.74) is 10.1. The number of hydrogen-bond donors (Lipinski definition) is 3. The van der Waals surface area contributed by atoms with Crippen LogP contribution < -0.4 is 11.1 Å². The van der Waals surface area contributed by atoms with Gasteiger partial charge in [0, 0.05) is 59.7 Å². The van der Waals surface area contributed by atoms with Crippen LogP contribution in [0.15, 0.2) is 54.7 Å². The van der Waals surface area contributed by atoms with E-state index < -0.39 is 0 Å². The molecule has 0 bridgehead atoms. The van der Waals surface area contributed by atoms with E-state index >= 15 is 0 Å². The molecule has 2 amide bonds. The second-order valence-electron chi connectivity index (χ2n) is 11.0. The lowest BCUT2D eigenvalue weighted by Crippen LogP contribution is -2.45. The van der Waals surface area contributed by atoms with E-state index in [4.69, 9.17) is 20.9 Å². The zero-order valence-corrected chi connectivity index (χ0v) is 24.4. The Kier molecular flexibility index (Phi) is 8.46. The molecule has 2 aromatic carbocycles. The summed E-state index contributed by atoms with van der Waals surface area (Å²) >= 11 is 1.58. The highest BCUT2D eigenvalue weighted by molar-refractivity contribution is 7.15. The van der Waals surface area contributed by atoms with Gasteiger partial charge in [0.25, 0.3) is 11.8 Å². The van der Waals surface area contributed by atoms with Crippen molar-refractivity contribution in [2.45, 2.75) is 44.2 Å². The van der Waals surface area contributed by atoms with Crippen LogP contribution in [-0.2, 0) is 17.6 Å². The molecular formula is C32H36N6O3S. The Bertz CT molecular complexity index is 1510. The minimum absolute atomic E-state index is 0.0701. The van der Waals surface area contributed by atoms with Gasteiger partial charge in [-0.1, -0.05) is 24.3 Å². The number of nitrogens with one attached hydrogen (secondary N) is 2. The molecule has 0 spiro atoms.